The van der Waals surface area contributed by atoms with Gasteiger partial charge in [-0.25, -0.2) is 4.79 Å². The molecule has 0 aliphatic heterocycles. The molecule has 19 nitrogen and oxygen atoms in total. The third-order valence-corrected chi connectivity index (χ3v) is 8.96. The van der Waals surface area contributed by atoms with Crippen molar-refractivity contribution < 1.29 is 48.6 Å². The fraction of sp³-hybridized carbons (Fsp3) is 0.487. The predicted molar refractivity (Wildman–Crippen MR) is 212 cm³/mol. The van der Waals surface area contributed by atoms with E-state index in [1.165, 1.54) is 19.1 Å². The summed E-state index contributed by atoms with van der Waals surface area (Å²) in [4.78, 5) is 102. The summed E-state index contributed by atoms with van der Waals surface area (Å²) in [6.07, 6.45) is 0.782. The number of aliphatic carboxylic acids is 1. The van der Waals surface area contributed by atoms with Crippen molar-refractivity contribution in [3.8, 4) is 5.75 Å². The molecule has 318 valence electrons. The maximum Gasteiger partial charge on any atom is 0.326 e. The SMILES string of the molecule is CC(C)[C@H](NC(=O)[C@H](CCC(N)=O)NC(=O)[C@@H](N)Cc1ccc(O)cc1)C(=O)N[C@@H](C)C(=O)NCC(=O)N[C@@H](Cc1ccccc1)C(=O)N[C@@H](CCCCN)C(=O)O. The number of benzene rings is 2. The fourth-order valence-electron chi connectivity index (χ4n) is 5.62. The van der Waals surface area contributed by atoms with Gasteiger partial charge in [0.05, 0.1) is 12.6 Å². The Bertz CT molecular complexity index is 1710. The highest BCUT2D eigenvalue weighted by Crippen LogP contribution is 2.12. The van der Waals surface area contributed by atoms with Gasteiger partial charge in [-0.15, -0.1) is 0 Å². The van der Waals surface area contributed by atoms with Gasteiger partial charge in [-0.3, -0.25) is 33.6 Å². The molecule has 0 heterocycles. The average Bonchev–Trinajstić information content (AvgIpc) is 3.17. The van der Waals surface area contributed by atoms with Gasteiger partial charge < -0.3 is 59.3 Å². The van der Waals surface area contributed by atoms with E-state index in [0.29, 0.717) is 30.5 Å². The number of phenols is 1. The third kappa shape index (κ3) is 17.4. The number of rotatable bonds is 25. The van der Waals surface area contributed by atoms with Gasteiger partial charge in [-0.2, -0.15) is 0 Å². The number of carbonyl (C=O) groups excluding carboxylic acids is 7. The van der Waals surface area contributed by atoms with Gasteiger partial charge >= 0.3 is 5.97 Å². The number of aromatic hydroxyl groups is 1. The van der Waals surface area contributed by atoms with Crippen molar-refractivity contribution in [2.75, 3.05) is 13.1 Å². The zero-order valence-electron chi connectivity index (χ0n) is 33.0. The lowest BCUT2D eigenvalue weighted by atomic mass is 10.0. The smallest absolute Gasteiger partial charge is 0.326 e. The first-order valence-electron chi connectivity index (χ1n) is 19.0. The largest absolute Gasteiger partial charge is 0.508 e. The molecular weight excluding hydrogens is 754 g/mol. The van der Waals surface area contributed by atoms with E-state index >= 15 is 0 Å². The molecule has 0 unspecified atom stereocenters. The first kappa shape index (κ1) is 48.1. The van der Waals surface area contributed by atoms with Crippen LogP contribution in [-0.4, -0.2) is 107 Å². The van der Waals surface area contributed by atoms with Gasteiger partial charge in [0.15, 0.2) is 0 Å². The summed E-state index contributed by atoms with van der Waals surface area (Å²) in [5, 5.41) is 34.1. The second-order valence-electron chi connectivity index (χ2n) is 14.2. The Morgan fingerprint density at radius 2 is 1.26 bits per heavy atom. The van der Waals surface area contributed by atoms with Gasteiger partial charge in [0, 0.05) is 12.8 Å². The van der Waals surface area contributed by atoms with Crippen molar-refractivity contribution in [2.24, 2.45) is 23.1 Å². The number of hydrogen-bond acceptors (Lipinski definition) is 11. The van der Waals surface area contributed by atoms with Crippen molar-refractivity contribution in [1.82, 2.24) is 31.9 Å². The number of unbranched alkanes of at least 4 members (excludes halogenated alkanes) is 1. The van der Waals surface area contributed by atoms with Crippen molar-refractivity contribution in [3.63, 3.8) is 0 Å². The van der Waals surface area contributed by atoms with E-state index in [2.05, 4.69) is 31.9 Å². The number of phenolic OH excluding ortho intramolecular Hbond substituents is 1. The third-order valence-electron chi connectivity index (χ3n) is 8.96. The van der Waals surface area contributed by atoms with Crippen molar-refractivity contribution in [3.05, 3.63) is 65.7 Å². The molecule has 14 N–H and O–H groups in total. The van der Waals surface area contributed by atoms with E-state index in [4.69, 9.17) is 17.2 Å². The molecule has 0 aliphatic rings. The van der Waals surface area contributed by atoms with E-state index in [9.17, 15) is 48.6 Å². The Balaban J connectivity index is 2.04. The second-order valence-corrected chi connectivity index (χ2v) is 14.2. The number of carbonyl (C=O) groups is 8. The molecule has 2 aromatic carbocycles. The summed E-state index contributed by atoms with van der Waals surface area (Å²) in [5.74, 6) is -7.04. The molecule has 0 spiro atoms. The minimum absolute atomic E-state index is 0.0238. The molecule has 2 rings (SSSR count). The fourth-order valence-corrected chi connectivity index (χ4v) is 5.62. The molecule has 0 saturated carbocycles. The van der Waals surface area contributed by atoms with E-state index in [1.54, 1.807) is 56.3 Å². The maximum atomic E-state index is 13.4. The first-order chi connectivity index (χ1) is 27.4. The second kappa shape index (κ2) is 24.5. The highest BCUT2D eigenvalue weighted by molar-refractivity contribution is 5.96. The number of primary amides is 1. The molecular formula is C39H57N9O10. The van der Waals surface area contributed by atoms with Crippen LogP contribution in [0.1, 0.15) is 64.0 Å². The van der Waals surface area contributed by atoms with Crippen molar-refractivity contribution >= 4 is 47.3 Å². The van der Waals surface area contributed by atoms with Crippen LogP contribution >= 0.6 is 0 Å². The highest BCUT2D eigenvalue weighted by Gasteiger charge is 2.32. The minimum Gasteiger partial charge on any atom is -0.508 e. The number of carboxylic acid groups (broad SMARTS) is 1. The number of carboxylic acids is 1. The summed E-state index contributed by atoms with van der Waals surface area (Å²) in [5.41, 5.74) is 18.2. The van der Waals surface area contributed by atoms with Gasteiger partial charge in [-0.1, -0.05) is 56.3 Å². The maximum absolute atomic E-state index is 13.4. The van der Waals surface area contributed by atoms with Gasteiger partial charge in [0.1, 0.15) is 36.0 Å². The molecule has 0 fully saturated rings. The quantitative estimate of drug-likeness (QED) is 0.0495. The Morgan fingerprint density at radius 3 is 1.84 bits per heavy atom. The zero-order chi connectivity index (χ0) is 43.4. The van der Waals surface area contributed by atoms with Crippen LogP contribution in [0.3, 0.4) is 0 Å². The van der Waals surface area contributed by atoms with Crippen molar-refractivity contribution in [2.45, 2.75) is 102 Å². The summed E-state index contributed by atoms with van der Waals surface area (Å²) in [6, 6.07) is 7.49. The highest BCUT2D eigenvalue weighted by atomic mass is 16.4. The lowest BCUT2D eigenvalue weighted by Crippen LogP contribution is -2.59. The summed E-state index contributed by atoms with van der Waals surface area (Å²) < 4.78 is 0. The molecule has 0 radical (unpaired) electrons. The zero-order valence-corrected chi connectivity index (χ0v) is 33.0. The molecule has 19 heteroatoms. The molecule has 2 aromatic rings. The molecule has 0 aromatic heterocycles. The van der Waals surface area contributed by atoms with Crippen LogP contribution in [0.4, 0.5) is 0 Å². The number of amides is 7. The van der Waals surface area contributed by atoms with Gasteiger partial charge in [0.2, 0.25) is 41.4 Å². The van der Waals surface area contributed by atoms with E-state index in [0.717, 1.165) is 0 Å². The van der Waals surface area contributed by atoms with Gasteiger partial charge in [0.25, 0.3) is 0 Å². The van der Waals surface area contributed by atoms with Crippen LogP contribution in [0, 0.1) is 5.92 Å². The Morgan fingerprint density at radius 1 is 0.655 bits per heavy atom. The lowest BCUT2D eigenvalue weighted by molar-refractivity contribution is -0.142. The van der Waals surface area contributed by atoms with E-state index in [1.807, 2.05) is 0 Å². The minimum atomic E-state index is -1.31. The monoisotopic (exact) mass is 811 g/mol. The lowest BCUT2D eigenvalue weighted by Gasteiger charge is -2.27. The molecule has 7 amide bonds. The van der Waals surface area contributed by atoms with Gasteiger partial charge in [-0.05, 0) is 74.8 Å². The summed E-state index contributed by atoms with van der Waals surface area (Å²) >= 11 is 0. The van der Waals surface area contributed by atoms with E-state index < -0.39 is 96.0 Å². The Labute approximate surface area is 337 Å². The molecule has 58 heavy (non-hydrogen) atoms. The Kier molecular flexibility index (Phi) is 20.3. The molecule has 0 aliphatic carbocycles. The predicted octanol–water partition coefficient (Wildman–Crippen LogP) is -1.80. The van der Waals surface area contributed by atoms with Crippen molar-refractivity contribution in [1.29, 1.82) is 0 Å². The van der Waals surface area contributed by atoms with Crippen LogP contribution < -0.4 is 49.1 Å². The van der Waals surface area contributed by atoms with E-state index in [-0.39, 0.29) is 37.9 Å². The van der Waals surface area contributed by atoms with Crippen LogP contribution in [0.5, 0.6) is 5.75 Å². The number of nitrogens with one attached hydrogen (secondary N) is 6. The van der Waals surface area contributed by atoms with Crippen LogP contribution in [0.15, 0.2) is 54.6 Å². The van der Waals surface area contributed by atoms with Crippen LogP contribution in [-0.2, 0) is 51.2 Å². The summed E-state index contributed by atoms with van der Waals surface area (Å²) in [6.45, 7) is 4.36. The first-order valence-corrected chi connectivity index (χ1v) is 19.0. The van der Waals surface area contributed by atoms with Crippen LogP contribution in [0.25, 0.3) is 0 Å². The average molecular weight is 812 g/mol. The molecule has 0 bridgehead atoms. The molecule has 6 atom stereocenters. The summed E-state index contributed by atoms with van der Waals surface area (Å²) in [7, 11) is 0. The van der Waals surface area contributed by atoms with Crippen LogP contribution in [0.2, 0.25) is 0 Å². The number of hydrogen-bond donors (Lipinski definition) is 11. The number of nitrogens with two attached hydrogens (primary N) is 3. The Hall–Kier alpha value is -6.08. The topological polar surface area (TPSA) is 327 Å². The normalized spacial score (nSPS) is 14.0. The standard InChI is InChI=1S/C39H57N9O10/c1-22(2)33(48-36(54)28(16-17-31(42)50)46-35(53)27(41)19-25-12-14-26(49)15-13-25)38(56)44-23(3)34(52)43-21-32(51)45-30(20-24-9-5-4-6-10-24)37(55)47-29(39(57)58)11-7-8-18-40/h4-6,9-10,12-15,22-23,27-30,33,49H,7-8,11,16-21,40-41H2,1-3H3,(H2,42,50)(H,43,52)(H,44,56)(H,45,51)(H,46,53)(H,47,55)(H,48,54)(H,57,58)/t23-,27-,28-,29-,30-,33-/m0/s1. The molecule has 0 saturated heterocycles.